The Labute approximate surface area is 197 Å². The molecule has 0 spiro atoms. The number of ether oxygens (including phenoxy) is 2. The summed E-state index contributed by atoms with van der Waals surface area (Å²) in [6.07, 6.45) is 8.51. The van der Waals surface area contributed by atoms with Crippen LogP contribution in [-0.2, 0) is 9.53 Å². The maximum atomic E-state index is 12.7. The minimum atomic E-state index is -0.644. The van der Waals surface area contributed by atoms with Crippen molar-refractivity contribution in [3.63, 3.8) is 0 Å². The van der Waals surface area contributed by atoms with E-state index < -0.39 is 12.0 Å². The summed E-state index contributed by atoms with van der Waals surface area (Å²) < 4.78 is 11.1. The van der Waals surface area contributed by atoms with Crippen LogP contribution in [0, 0.1) is 5.92 Å². The fourth-order valence-corrected chi connectivity index (χ4v) is 4.03. The van der Waals surface area contributed by atoms with Crippen LogP contribution in [0.1, 0.15) is 84.2 Å². The molecule has 7 heteroatoms. The number of amides is 2. The van der Waals surface area contributed by atoms with E-state index in [-0.39, 0.29) is 18.6 Å². The normalized spacial score (nSPS) is 16.1. The van der Waals surface area contributed by atoms with Gasteiger partial charge in [-0.25, -0.2) is 9.59 Å². The van der Waals surface area contributed by atoms with Gasteiger partial charge in [0, 0.05) is 5.70 Å². The number of allylic oxidation sites excluding steroid dienone is 1. The van der Waals surface area contributed by atoms with E-state index in [1.807, 2.05) is 19.9 Å². The molecule has 2 N–H and O–H groups in total. The van der Waals surface area contributed by atoms with E-state index in [1.165, 1.54) is 32.1 Å². The van der Waals surface area contributed by atoms with Crippen molar-refractivity contribution in [3.8, 4) is 5.75 Å². The largest absolute Gasteiger partial charge is 0.492 e. The van der Waals surface area contributed by atoms with Gasteiger partial charge in [-0.2, -0.15) is 0 Å². The molecule has 0 aliphatic carbocycles. The van der Waals surface area contributed by atoms with Gasteiger partial charge in [0.25, 0.3) is 0 Å². The maximum absolute atomic E-state index is 12.7. The molecule has 32 heavy (non-hydrogen) atoms. The van der Waals surface area contributed by atoms with Crippen molar-refractivity contribution in [2.75, 3.05) is 13.2 Å². The van der Waals surface area contributed by atoms with Crippen molar-refractivity contribution in [3.05, 3.63) is 40.1 Å². The first-order chi connectivity index (χ1) is 15.4. The number of hydrogen-bond acceptors (Lipinski definition) is 4. The van der Waals surface area contributed by atoms with Gasteiger partial charge in [0.15, 0.2) is 0 Å². The zero-order chi connectivity index (χ0) is 23.5. The van der Waals surface area contributed by atoms with Crippen LogP contribution in [0.3, 0.4) is 0 Å². The summed E-state index contributed by atoms with van der Waals surface area (Å²) in [5.74, 6) is 0.0968. The standard InChI is InChI=1S/C25H37ClN2O4/c1-5-7-8-9-10-11-12-15-32-20-14-13-18(16-19(20)26)23-21(24(29)31-6-2)22(17(3)4)27-25(30)28-23/h13-14,16-17,23H,5-12,15H2,1-4H3,(H2,27,28,30). The van der Waals surface area contributed by atoms with Crippen molar-refractivity contribution in [2.24, 2.45) is 5.92 Å². The highest BCUT2D eigenvalue weighted by Crippen LogP contribution is 2.34. The second kappa shape index (κ2) is 13.4. The first-order valence-electron chi connectivity index (χ1n) is 11.8. The average molecular weight is 465 g/mol. The summed E-state index contributed by atoms with van der Waals surface area (Å²) in [6.45, 7) is 8.68. The minimum Gasteiger partial charge on any atom is -0.492 e. The molecule has 0 saturated carbocycles. The Morgan fingerprint density at radius 1 is 1.09 bits per heavy atom. The summed E-state index contributed by atoms with van der Waals surface area (Å²) in [7, 11) is 0. The third-order valence-electron chi connectivity index (χ3n) is 5.47. The van der Waals surface area contributed by atoms with E-state index in [1.54, 1.807) is 19.1 Å². The highest BCUT2D eigenvalue weighted by Gasteiger charge is 2.34. The summed E-state index contributed by atoms with van der Waals surface area (Å²) >= 11 is 6.48. The number of carbonyl (C=O) groups excluding carboxylic acids is 2. The second-order valence-electron chi connectivity index (χ2n) is 8.39. The quantitative estimate of drug-likeness (QED) is 0.265. The summed E-state index contributed by atoms with van der Waals surface area (Å²) in [6, 6.07) is 4.37. The molecule has 2 amide bonds. The number of hydrogen-bond donors (Lipinski definition) is 2. The van der Waals surface area contributed by atoms with Gasteiger partial charge in [0.1, 0.15) is 5.75 Å². The number of halogens is 1. The van der Waals surface area contributed by atoms with E-state index in [0.717, 1.165) is 12.8 Å². The predicted octanol–water partition coefficient (Wildman–Crippen LogP) is 6.30. The molecule has 1 aliphatic heterocycles. The van der Waals surface area contributed by atoms with Crippen molar-refractivity contribution >= 4 is 23.6 Å². The van der Waals surface area contributed by atoms with Gasteiger partial charge >= 0.3 is 12.0 Å². The zero-order valence-electron chi connectivity index (χ0n) is 19.8. The van der Waals surface area contributed by atoms with Crippen LogP contribution < -0.4 is 15.4 Å². The molecule has 2 rings (SSSR count). The molecule has 0 bridgehead atoms. The van der Waals surface area contributed by atoms with Gasteiger partial charge in [0.05, 0.1) is 29.9 Å². The number of rotatable bonds is 13. The van der Waals surface area contributed by atoms with Gasteiger partial charge < -0.3 is 20.1 Å². The summed E-state index contributed by atoms with van der Waals surface area (Å²) in [5.41, 5.74) is 1.66. The Balaban J connectivity index is 2.08. The van der Waals surface area contributed by atoms with E-state index >= 15 is 0 Å². The smallest absolute Gasteiger partial charge is 0.338 e. The fraction of sp³-hybridized carbons (Fsp3) is 0.600. The number of nitrogens with one attached hydrogen (secondary N) is 2. The molecule has 1 heterocycles. The Bertz CT molecular complexity index is 807. The fourth-order valence-electron chi connectivity index (χ4n) is 3.78. The zero-order valence-corrected chi connectivity index (χ0v) is 20.5. The van der Waals surface area contributed by atoms with Crippen LogP contribution in [0.15, 0.2) is 29.5 Å². The Hall–Kier alpha value is -2.21. The van der Waals surface area contributed by atoms with Crippen molar-refractivity contribution in [2.45, 2.75) is 78.7 Å². The average Bonchev–Trinajstić information content (AvgIpc) is 2.75. The molecule has 1 unspecified atom stereocenters. The van der Waals surface area contributed by atoms with E-state index in [9.17, 15) is 9.59 Å². The van der Waals surface area contributed by atoms with Gasteiger partial charge in [-0.15, -0.1) is 0 Å². The van der Waals surface area contributed by atoms with Gasteiger partial charge in [-0.05, 0) is 37.0 Å². The molecule has 1 atom stereocenters. The second-order valence-corrected chi connectivity index (χ2v) is 8.80. The summed E-state index contributed by atoms with van der Waals surface area (Å²) in [5, 5.41) is 6.04. The number of urea groups is 1. The van der Waals surface area contributed by atoms with Crippen LogP contribution in [0.4, 0.5) is 4.79 Å². The van der Waals surface area contributed by atoms with Crippen LogP contribution >= 0.6 is 11.6 Å². The predicted molar refractivity (Wildman–Crippen MR) is 128 cm³/mol. The minimum absolute atomic E-state index is 0.0528. The van der Waals surface area contributed by atoms with Crippen molar-refractivity contribution in [1.29, 1.82) is 0 Å². The molecule has 0 fully saturated rings. The molecule has 0 aromatic heterocycles. The van der Waals surface area contributed by atoms with Gasteiger partial charge in [0.2, 0.25) is 0 Å². The molecule has 1 aliphatic rings. The molecule has 178 valence electrons. The van der Waals surface area contributed by atoms with Gasteiger partial charge in [-0.1, -0.05) is 77.0 Å². The first kappa shape index (κ1) is 26.0. The highest BCUT2D eigenvalue weighted by molar-refractivity contribution is 6.32. The SMILES string of the molecule is CCCCCCCCCOc1ccc(C2NC(=O)NC(C(C)C)=C2C(=O)OCC)cc1Cl. The van der Waals surface area contributed by atoms with Crippen molar-refractivity contribution in [1.82, 2.24) is 10.6 Å². The lowest BCUT2D eigenvalue weighted by Gasteiger charge is -2.31. The number of benzene rings is 1. The van der Waals surface area contributed by atoms with Crippen molar-refractivity contribution < 1.29 is 19.1 Å². The molecule has 1 aromatic rings. The van der Waals surface area contributed by atoms with Crippen LogP contribution in [0.5, 0.6) is 5.75 Å². The molecule has 6 nitrogen and oxygen atoms in total. The van der Waals surface area contributed by atoms with Gasteiger partial charge in [-0.3, -0.25) is 0 Å². The topological polar surface area (TPSA) is 76.7 Å². The van der Waals surface area contributed by atoms with E-state index in [4.69, 9.17) is 21.1 Å². The number of unbranched alkanes of at least 4 members (excludes halogenated alkanes) is 6. The Kier molecular flexibility index (Phi) is 10.9. The molecule has 1 aromatic carbocycles. The Morgan fingerprint density at radius 3 is 2.41 bits per heavy atom. The van der Waals surface area contributed by atoms with Crippen LogP contribution in [0.2, 0.25) is 5.02 Å². The van der Waals surface area contributed by atoms with Crippen LogP contribution in [0.25, 0.3) is 0 Å². The monoisotopic (exact) mass is 464 g/mol. The third kappa shape index (κ3) is 7.44. The lowest BCUT2D eigenvalue weighted by molar-refractivity contribution is -0.139. The number of carbonyl (C=O) groups is 2. The molecule has 0 radical (unpaired) electrons. The third-order valence-corrected chi connectivity index (χ3v) is 5.77. The lowest BCUT2D eigenvalue weighted by atomic mass is 9.91. The number of esters is 1. The molecular weight excluding hydrogens is 428 g/mol. The molecular formula is C25H37ClN2O4. The first-order valence-corrected chi connectivity index (χ1v) is 12.2. The Morgan fingerprint density at radius 2 is 1.78 bits per heavy atom. The molecule has 0 saturated heterocycles. The maximum Gasteiger partial charge on any atom is 0.338 e. The summed E-state index contributed by atoms with van der Waals surface area (Å²) in [4.78, 5) is 25.0. The van der Waals surface area contributed by atoms with E-state index in [2.05, 4.69) is 17.6 Å². The highest BCUT2D eigenvalue weighted by atomic mass is 35.5. The van der Waals surface area contributed by atoms with Crippen LogP contribution in [-0.4, -0.2) is 25.2 Å². The van der Waals surface area contributed by atoms with E-state index in [0.29, 0.717) is 34.2 Å². The lowest BCUT2D eigenvalue weighted by Crippen LogP contribution is -2.47.